The third-order valence-corrected chi connectivity index (χ3v) is 3.82. The van der Waals surface area contributed by atoms with Crippen LogP contribution in [0.1, 0.15) is 37.4 Å². The summed E-state index contributed by atoms with van der Waals surface area (Å²) in [4.78, 5) is 0. The number of ether oxygens (including phenoxy) is 1. The molecule has 0 saturated heterocycles. The number of anilines is 1. The van der Waals surface area contributed by atoms with Gasteiger partial charge in [-0.3, -0.25) is 0 Å². The molecule has 3 heteroatoms. The summed E-state index contributed by atoms with van der Waals surface area (Å²) in [6.45, 7) is 7.00. The molecule has 2 aromatic rings. The molecule has 2 aromatic carbocycles. The molecule has 0 saturated carbocycles. The van der Waals surface area contributed by atoms with E-state index in [-0.39, 0.29) is 6.04 Å². The third kappa shape index (κ3) is 4.40. The van der Waals surface area contributed by atoms with Crippen molar-refractivity contribution in [2.45, 2.75) is 33.2 Å². The molecule has 0 amide bonds. The topological polar surface area (TPSA) is 21.3 Å². The largest absolute Gasteiger partial charge is 0.494 e. The standard InChI is InChI=1S/C18H22ClNO/c1-4-11-21-17-9-6-15(7-10-17)14(3)20-16-8-5-13(2)18(19)12-16/h5-10,12,14,20H,4,11H2,1-3H3. The number of aryl methyl sites for hydroxylation is 1. The summed E-state index contributed by atoms with van der Waals surface area (Å²) in [5, 5.41) is 4.25. The molecule has 0 radical (unpaired) electrons. The van der Waals surface area contributed by atoms with E-state index >= 15 is 0 Å². The normalized spacial score (nSPS) is 12.0. The van der Waals surface area contributed by atoms with Gasteiger partial charge in [0.1, 0.15) is 5.75 Å². The number of hydrogen-bond donors (Lipinski definition) is 1. The number of benzene rings is 2. The molecule has 2 nitrogen and oxygen atoms in total. The van der Waals surface area contributed by atoms with Gasteiger partial charge in [-0.1, -0.05) is 36.7 Å². The maximum absolute atomic E-state index is 6.16. The van der Waals surface area contributed by atoms with Crippen LogP contribution in [0.3, 0.4) is 0 Å². The first-order valence-corrected chi connectivity index (χ1v) is 7.73. The molecule has 0 heterocycles. The van der Waals surface area contributed by atoms with Gasteiger partial charge in [0, 0.05) is 16.8 Å². The van der Waals surface area contributed by atoms with E-state index in [1.54, 1.807) is 0 Å². The van der Waals surface area contributed by atoms with Crippen LogP contribution in [-0.4, -0.2) is 6.61 Å². The molecule has 0 aliphatic carbocycles. The van der Waals surface area contributed by atoms with Crippen LogP contribution in [0.2, 0.25) is 5.02 Å². The molecule has 1 unspecified atom stereocenters. The van der Waals surface area contributed by atoms with Crippen molar-refractivity contribution in [3.63, 3.8) is 0 Å². The molecule has 1 N–H and O–H groups in total. The second kappa shape index (κ2) is 7.37. The number of hydrogen-bond acceptors (Lipinski definition) is 2. The van der Waals surface area contributed by atoms with Gasteiger partial charge < -0.3 is 10.1 Å². The predicted octanol–water partition coefficient (Wildman–Crippen LogP) is 5.61. The molecule has 2 rings (SSSR count). The van der Waals surface area contributed by atoms with Gasteiger partial charge in [0.05, 0.1) is 6.61 Å². The van der Waals surface area contributed by atoms with Gasteiger partial charge in [0.2, 0.25) is 0 Å². The molecular formula is C18H22ClNO. The minimum absolute atomic E-state index is 0.212. The second-order valence-corrected chi connectivity index (χ2v) is 5.65. The SMILES string of the molecule is CCCOc1ccc(C(C)Nc2ccc(C)c(Cl)c2)cc1. The lowest BCUT2D eigenvalue weighted by Crippen LogP contribution is -2.06. The first-order chi connectivity index (χ1) is 10.1. The van der Waals surface area contributed by atoms with Crippen molar-refractivity contribution in [3.8, 4) is 5.75 Å². The predicted molar refractivity (Wildman–Crippen MR) is 90.5 cm³/mol. The fourth-order valence-electron chi connectivity index (χ4n) is 2.09. The van der Waals surface area contributed by atoms with Crippen molar-refractivity contribution in [2.24, 2.45) is 0 Å². The summed E-state index contributed by atoms with van der Waals surface area (Å²) >= 11 is 6.16. The Labute approximate surface area is 132 Å². The molecule has 112 valence electrons. The lowest BCUT2D eigenvalue weighted by atomic mass is 10.1. The Morgan fingerprint density at radius 1 is 1.14 bits per heavy atom. The molecule has 0 aliphatic heterocycles. The smallest absolute Gasteiger partial charge is 0.119 e. The Bertz CT molecular complexity index is 580. The second-order valence-electron chi connectivity index (χ2n) is 5.25. The Morgan fingerprint density at radius 2 is 1.86 bits per heavy atom. The minimum atomic E-state index is 0.212. The monoisotopic (exact) mass is 303 g/mol. The van der Waals surface area contributed by atoms with Gasteiger partial charge in [-0.25, -0.2) is 0 Å². The quantitative estimate of drug-likeness (QED) is 0.749. The average molecular weight is 304 g/mol. The maximum Gasteiger partial charge on any atom is 0.119 e. The molecule has 0 fully saturated rings. The summed E-state index contributed by atoms with van der Waals surface area (Å²) in [5.41, 5.74) is 3.34. The number of halogens is 1. The van der Waals surface area contributed by atoms with Gasteiger partial charge in [0.15, 0.2) is 0 Å². The highest BCUT2D eigenvalue weighted by molar-refractivity contribution is 6.31. The van der Waals surface area contributed by atoms with Crippen LogP contribution < -0.4 is 10.1 Å². The van der Waals surface area contributed by atoms with Crippen molar-refractivity contribution in [1.82, 2.24) is 0 Å². The summed E-state index contributed by atoms with van der Waals surface area (Å²) in [6.07, 6.45) is 1.02. The van der Waals surface area contributed by atoms with E-state index in [0.29, 0.717) is 0 Å². The Kier molecular flexibility index (Phi) is 5.51. The van der Waals surface area contributed by atoms with E-state index in [1.165, 1.54) is 5.56 Å². The average Bonchev–Trinajstić information content (AvgIpc) is 2.49. The first-order valence-electron chi connectivity index (χ1n) is 7.35. The Balaban J connectivity index is 2.02. The lowest BCUT2D eigenvalue weighted by molar-refractivity contribution is 0.317. The zero-order valence-electron chi connectivity index (χ0n) is 12.8. The zero-order chi connectivity index (χ0) is 15.2. The highest BCUT2D eigenvalue weighted by atomic mass is 35.5. The summed E-state index contributed by atoms with van der Waals surface area (Å²) in [6, 6.07) is 14.5. The van der Waals surface area contributed by atoms with E-state index in [2.05, 4.69) is 37.4 Å². The maximum atomic E-state index is 6.16. The summed E-state index contributed by atoms with van der Waals surface area (Å²) in [7, 11) is 0. The minimum Gasteiger partial charge on any atom is -0.494 e. The van der Waals surface area contributed by atoms with Crippen molar-refractivity contribution in [3.05, 3.63) is 58.6 Å². The van der Waals surface area contributed by atoms with Crippen LogP contribution in [-0.2, 0) is 0 Å². The van der Waals surface area contributed by atoms with Gasteiger partial charge in [-0.15, -0.1) is 0 Å². The van der Waals surface area contributed by atoms with Crippen LogP contribution in [0.25, 0.3) is 0 Å². The van der Waals surface area contributed by atoms with E-state index in [1.807, 2.05) is 31.2 Å². The third-order valence-electron chi connectivity index (χ3n) is 3.41. The van der Waals surface area contributed by atoms with Crippen LogP contribution >= 0.6 is 11.6 Å². The van der Waals surface area contributed by atoms with Crippen molar-refractivity contribution in [2.75, 3.05) is 11.9 Å². The Morgan fingerprint density at radius 3 is 2.48 bits per heavy atom. The van der Waals surface area contributed by atoms with Gasteiger partial charge in [0.25, 0.3) is 0 Å². The fourth-order valence-corrected chi connectivity index (χ4v) is 2.27. The van der Waals surface area contributed by atoms with Gasteiger partial charge in [-0.05, 0) is 55.7 Å². The van der Waals surface area contributed by atoms with Gasteiger partial charge >= 0.3 is 0 Å². The highest BCUT2D eigenvalue weighted by Gasteiger charge is 2.06. The number of rotatable bonds is 6. The highest BCUT2D eigenvalue weighted by Crippen LogP contribution is 2.25. The molecule has 0 spiro atoms. The van der Waals surface area contributed by atoms with E-state index in [0.717, 1.165) is 35.1 Å². The fraction of sp³-hybridized carbons (Fsp3) is 0.333. The van der Waals surface area contributed by atoms with Crippen LogP contribution in [0, 0.1) is 6.92 Å². The summed E-state index contributed by atoms with van der Waals surface area (Å²) < 4.78 is 5.60. The van der Waals surface area contributed by atoms with Crippen LogP contribution in [0.15, 0.2) is 42.5 Å². The lowest BCUT2D eigenvalue weighted by Gasteiger charge is -2.17. The zero-order valence-corrected chi connectivity index (χ0v) is 13.6. The van der Waals surface area contributed by atoms with Crippen molar-refractivity contribution >= 4 is 17.3 Å². The first kappa shape index (κ1) is 15.7. The van der Waals surface area contributed by atoms with Crippen LogP contribution in [0.5, 0.6) is 5.75 Å². The molecule has 1 atom stereocenters. The van der Waals surface area contributed by atoms with E-state index in [9.17, 15) is 0 Å². The van der Waals surface area contributed by atoms with Crippen molar-refractivity contribution < 1.29 is 4.74 Å². The van der Waals surface area contributed by atoms with E-state index in [4.69, 9.17) is 16.3 Å². The Hall–Kier alpha value is -1.67. The molecule has 0 aromatic heterocycles. The molecular weight excluding hydrogens is 282 g/mol. The number of nitrogens with one attached hydrogen (secondary N) is 1. The molecule has 0 aliphatic rings. The van der Waals surface area contributed by atoms with E-state index < -0.39 is 0 Å². The summed E-state index contributed by atoms with van der Waals surface area (Å²) in [5.74, 6) is 0.922. The van der Waals surface area contributed by atoms with Crippen molar-refractivity contribution in [1.29, 1.82) is 0 Å². The van der Waals surface area contributed by atoms with Crippen LogP contribution in [0.4, 0.5) is 5.69 Å². The molecule has 21 heavy (non-hydrogen) atoms. The van der Waals surface area contributed by atoms with Gasteiger partial charge in [-0.2, -0.15) is 0 Å². The molecule has 0 bridgehead atoms.